The number of nitrogens with two attached hydrogens (primary N) is 1. The van der Waals surface area contributed by atoms with E-state index in [4.69, 9.17) is 10.5 Å². The number of fused-ring (bicyclic) bond motifs is 1. The number of carbonyl (C=O) groups is 2. The average Bonchev–Trinajstić information content (AvgIpc) is 3.17. The highest BCUT2D eigenvalue weighted by Crippen LogP contribution is 2.39. The van der Waals surface area contributed by atoms with Crippen LogP contribution in [-0.4, -0.2) is 62.9 Å². The Kier molecular flexibility index (Phi) is 4.13. The van der Waals surface area contributed by atoms with Crippen molar-refractivity contribution in [2.24, 2.45) is 5.73 Å². The number of amides is 2. The van der Waals surface area contributed by atoms with Crippen molar-refractivity contribution in [3.05, 3.63) is 24.3 Å². The fourth-order valence-electron chi connectivity index (χ4n) is 3.95. The van der Waals surface area contributed by atoms with Gasteiger partial charge in [-0.3, -0.25) is 9.59 Å². The van der Waals surface area contributed by atoms with Crippen molar-refractivity contribution >= 4 is 33.4 Å². The molecule has 1 aromatic rings. The third-order valence-corrected chi connectivity index (χ3v) is 7.08. The molecule has 0 aliphatic carbocycles. The molecule has 0 bridgehead atoms. The SMILES string of the molecule is NC(=O)C1[C@H]2CCCN2S(=O)(=O)N1c1ccc(N2CCOCC2=O)cc1. The number of hydrogen-bond donors (Lipinski definition) is 1. The lowest BCUT2D eigenvalue weighted by Crippen LogP contribution is -2.46. The van der Waals surface area contributed by atoms with E-state index in [9.17, 15) is 18.0 Å². The van der Waals surface area contributed by atoms with Gasteiger partial charge in [-0.25, -0.2) is 4.31 Å². The minimum atomic E-state index is -3.80. The Morgan fingerprint density at radius 1 is 1.15 bits per heavy atom. The Morgan fingerprint density at radius 3 is 2.50 bits per heavy atom. The van der Waals surface area contributed by atoms with Crippen molar-refractivity contribution in [3.8, 4) is 0 Å². The smallest absolute Gasteiger partial charge is 0.305 e. The molecule has 1 aromatic carbocycles. The number of nitrogens with zero attached hydrogens (tertiary/aromatic N) is 3. The van der Waals surface area contributed by atoms with Gasteiger partial charge in [0.05, 0.1) is 18.3 Å². The van der Waals surface area contributed by atoms with Crippen molar-refractivity contribution in [2.45, 2.75) is 24.9 Å². The van der Waals surface area contributed by atoms with Crippen LogP contribution < -0.4 is 14.9 Å². The van der Waals surface area contributed by atoms with Crippen molar-refractivity contribution in [1.29, 1.82) is 0 Å². The van der Waals surface area contributed by atoms with E-state index in [1.54, 1.807) is 29.2 Å². The van der Waals surface area contributed by atoms with Gasteiger partial charge in [0.1, 0.15) is 12.6 Å². The van der Waals surface area contributed by atoms with Gasteiger partial charge in [0.15, 0.2) is 0 Å². The van der Waals surface area contributed by atoms with Crippen LogP contribution in [0, 0.1) is 0 Å². The number of benzene rings is 1. The molecule has 0 aromatic heterocycles. The number of hydrogen-bond acceptors (Lipinski definition) is 5. The maximum Gasteiger partial charge on any atom is 0.305 e. The molecule has 1 unspecified atom stereocenters. The number of primary amides is 1. The Morgan fingerprint density at radius 2 is 1.85 bits per heavy atom. The largest absolute Gasteiger partial charge is 0.370 e. The van der Waals surface area contributed by atoms with Crippen LogP contribution in [0.2, 0.25) is 0 Å². The molecule has 9 nitrogen and oxygen atoms in total. The van der Waals surface area contributed by atoms with Gasteiger partial charge in [-0.2, -0.15) is 12.7 Å². The van der Waals surface area contributed by atoms with E-state index in [-0.39, 0.29) is 12.5 Å². The summed E-state index contributed by atoms with van der Waals surface area (Å²) < 4.78 is 33.4. The molecule has 10 heteroatoms. The Balaban J connectivity index is 1.67. The van der Waals surface area contributed by atoms with Crippen LogP contribution in [0.15, 0.2) is 24.3 Å². The summed E-state index contributed by atoms with van der Waals surface area (Å²) in [6.45, 7) is 1.32. The van der Waals surface area contributed by atoms with Crippen molar-refractivity contribution in [2.75, 3.05) is 35.5 Å². The molecule has 0 spiro atoms. The second kappa shape index (κ2) is 6.22. The van der Waals surface area contributed by atoms with Crippen molar-refractivity contribution in [1.82, 2.24) is 4.31 Å². The number of rotatable bonds is 3. The van der Waals surface area contributed by atoms with E-state index in [1.807, 2.05) is 0 Å². The standard InChI is InChI=1S/C16H20N4O5S/c17-16(22)15-13-2-1-7-19(13)26(23,24)20(15)12-5-3-11(4-6-12)18-8-9-25-10-14(18)21/h3-6,13,15H,1-2,7-10H2,(H2,17,22)/t13-,15?/m1/s1. The van der Waals surface area contributed by atoms with Crippen LogP contribution >= 0.6 is 0 Å². The molecule has 2 atom stereocenters. The second-order valence-corrected chi connectivity index (χ2v) is 8.34. The number of anilines is 2. The first-order valence-electron chi connectivity index (χ1n) is 8.50. The van der Waals surface area contributed by atoms with E-state index in [2.05, 4.69) is 0 Å². The van der Waals surface area contributed by atoms with Gasteiger partial charge in [0.25, 0.3) is 5.91 Å². The van der Waals surface area contributed by atoms with Gasteiger partial charge in [0.2, 0.25) is 5.91 Å². The van der Waals surface area contributed by atoms with E-state index in [0.29, 0.717) is 37.5 Å². The minimum Gasteiger partial charge on any atom is -0.370 e. The van der Waals surface area contributed by atoms with E-state index in [1.165, 1.54) is 4.31 Å². The van der Waals surface area contributed by atoms with Gasteiger partial charge in [0, 0.05) is 18.8 Å². The molecule has 3 aliphatic rings. The lowest BCUT2D eigenvalue weighted by molar-refractivity contribution is -0.125. The first-order valence-corrected chi connectivity index (χ1v) is 9.89. The lowest BCUT2D eigenvalue weighted by Gasteiger charge is -2.28. The third-order valence-electron chi connectivity index (χ3n) is 5.10. The Labute approximate surface area is 151 Å². The van der Waals surface area contributed by atoms with Gasteiger partial charge in [-0.1, -0.05) is 0 Å². The molecule has 2 amide bonds. The van der Waals surface area contributed by atoms with Crippen LogP contribution in [0.1, 0.15) is 12.8 Å². The zero-order valence-corrected chi connectivity index (χ0v) is 14.9. The van der Waals surface area contributed by atoms with Crippen LogP contribution in [-0.2, 0) is 24.5 Å². The monoisotopic (exact) mass is 380 g/mol. The Bertz CT molecular complexity index is 841. The summed E-state index contributed by atoms with van der Waals surface area (Å²) in [6, 6.07) is 5.23. The maximum absolute atomic E-state index is 12.9. The first-order chi connectivity index (χ1) is 12.4. The average molecular weight is 380 g/mol. The fourth-order valence-corrected chi connectivity index (χ4v) is 6.02. The Hall–Kier alpha value is -2.17. The molecule has 3 saturated heterocycles. The molecule has 26 heavy (non-hydrogen) atoms. The molecule has 3 fully saturated rings. The highest BCUT2D eigenvalue weighted by Gasteiger charge is 2.55. The quantitative estimate of drug-likeness (QED) is 0.755. The zero-order valence-electron chi connectivity index (χ0n) is 14.1. The van der Waals surface area contributed by atoms with Gasteiger partial charge in [-0.05, 0) is 37.1 Å². The normalized spacial score (nSPS) is 28.4. The van der Waals surface area contributed by atoms with Crippen LogP contribution in [0.3, 0.4) is 0 Å². The number of ether oxygens (including phenoxy) is 1. The topological polar surface area (TPSA) is 113 Å². The summed E-state index contributed by atoms with van der Waals surface area (Å²) in [4.78, 5) is 25.5. The second-order valence-electron chi connectivity index (χ2n) is 6.59. The number of morpholine rings is 1. The van der Waals surface area contributed by atoms with E-state index >= 15 is 0 Å². The fraction of sp³-hybridized carbons (Fsp3) is 0.500. The van der Waals surface area contributed by atoms with Crippen molar-refractivity contribution in [3.63, 3.8) is 0 Å². The highest BCUT2D eigenvalue weighted by molar-refractivity contribution is 7.90. The molecule has 140 valence electrons. The molecule has 0 radical (unpaired) electrons. The summed E-state index contributed by atoms with van der Waals surface area (Å²) in [5.41, 5.74) is 6.56. The van der Waals surface area contributed by atoms with Gasteiger partial charge >= 0.3 is 10.2 Å². The first kappa shape index (κ1) is 17.3. The third kappa shape index (κ3) is 2.56. The molecule has 3 heterocycles. The van der Waals surface area contributed by atoms with Crippen LogP contribution in [0.4, 0.5) is 11.4 Å². The molecular formula is C16H20N4O5S. The van der Waals surface area contributed by atoms with E-state index in [0.717, 1.165) is 10.7 Å². The van der Waals surface area contributed by atoms with Gasteiger partial charge in [-0.15, -0.1) is 0 Å². The predicted molar refractivity (Wildman–Crippen MR) is 93.7 cm³/mol. The van der Waals surface area contributed by atoms with Crippen molar-refractivity contribution < 1.29 is 22.7 Å². The highest BCUT2D eigenvalue weighted by atomic mass is 32.2. The molecule has 3 aliphatic heterocycles. The predicted octanol–water partition coefficient (Wildman–Crippen LogP) is -0.567. The molecule has 2 N–H and O–H groups in total. The summed E-state index contributed by atoms with van der Waals surface area (Å²) in [6.07, 6.45) is 1.34. The lowest BCUT2D eigenvalue weighted by atomic mass is 10.1. The molecule has 0 saturated carbocycles. The summed E-state index contributed by atoms with van der Waals surface area (Å²) in [5, 5.41) is 0. The maximum atomic E-state index is 12.9. The van der Waals surface area contributed by atoms with Crippen LogP contribution in [0.25, 0.3) is 0 Å². The van der Waals surface area contributed by atoms with Crippen LogP contribution in [0.5, 0.6) is 0 Å². The summed E-state index contributed by atoms with van der Waals surface area (Å²) >= 11 is 0. The molecular weight excluding hydrogens is 360 g/mol. The van der Waals surface area contributed by atoms with Gasteiger partial charge < -0.3 is 15.4 Å². The van der Waals surface area contributed by atoms with E-state index < -0.39 is 28.2 Å². The molecule has 4 rings (SSSR count). The summed E-state index contributed by atoms with van der Waals surface area (Å²) in [5.74, 6) is -0.802. The zero-order chi connectivity index (χ0) is 18.5. The minimum absolute atomic E-state index is 0.0304. The number of carbonyl (C=O) groups excluding carboxylic acids is 2. The summed E-state index contributed by atoms with van der Waals surface area (Å²) in [7, 11) is -3.80.